The Kier molecular flexibility index (Phi) is 5.90. The Labute approximate surface area is 126 Å². The van der Waals surface area contributed by atoms with Crippen LogP contribution in [0.3, 0.4) is 0 Å². The summed E-state index contributed by atoms with van der Waals surface area (Å²) in [5, 5.41) is 14.4. The lowest BCUT2D eigenvalue weighted by Gasteiger charge is -2.20. The smallest absolute Gasteiger partial charge is 0.310 e. The zero-order valence-corrected chi connectivity index (χ0v) is 13.2. The van der Waals surface area contributed by atoms with E-state index in [1.807, 2.05) is 6.92 Å². The second kappa shape index (κ2) is 7.22. The minimum Gasteiger partial charge on any atom is -0.486 e. The molecule has 0 saturated heterocycles. The van der Waals surface area contributed by atoms with Crippen LogP contribution in [0.4, 0.5) is 5.69 Å². The van der Waals surface area contributed by atoms with E-state index in [4.69, 9.17) is 4.74 Å². The lowest BCUT2D eigenvalue weighted by molar-refractivity contribution is -0.385. The van der Waals surface area contributed by atoms with Gasteiger partial charge >= 0.3 is 5.69 Å². The molecular formula is C16H24N2O3. The number of hydrogen-bond donors (Lipinski definition) is 1. The molecule has 0 fully saturated rings. The highest BCUT2D eigenvalue weighted by molar-refractivity contribution is 5.48. The lowest BCUT2D eigenvalue weighted by atomic mass is 10.1. The molecule has 0 aliphatic heterocycles. The first-order valence-electron chi connectivity index (χ1n) is 6.98. The number of nitro groups is 1. The van der Waals surface area contributed by atoms with E-state index in [1.54, 1.807) is 12.1 Å². The van der Waals surface area contributed by atoms with E-state index in [0.29, 0.717) is 25.3 Å². The van der Waals surface area contributed by atoms with Gasteiger partial charge in [-0.25, -0.2) is 0 Å². The Hall–Kier alpha value is -1.88. The van der Waals surface area contributed by atoms with Crippen LogP contribution in [0.2, 0.25) is 0 Å². The van der Waals surface area contributed by atoms with Crippen molar-refractivity contribution < 1.29 is 9.66 Å². The van der Waals surface area contributed by atoms with Crippen LogP contribution in [0.5, 0.6) is 5.75 Å². The molecule has 1 rings (SSSR count). The molecule has 0 spiro atoms. The summed E-state index contributed by atoms with van der Waals surface area (Å²) in [7, 11) is 0. The van der Waals surface area contributed by atoms with Crippen LogP contribution in [0.15, 0.2) is 30.4 Å². The molecule has 21 heavy (non-hydrogen) atoms. The van der Waals surface area contributed by atoms with E-state index < -0.39 is 4.92 Å². The molecule has 1 N–H and O–H groups in total. The van der Waals surface area contributed by atoms with Gasteiger partial charge in [0.1, 0.15) is 0 Å². The average Bonchev–Trinajstić information content (AvgIpc) is 2.35. The highest BCUT2D eigenvalue weighted by atomic mass is 16.6. The molecule has 116 valence electrons. The van der Waals surface area contributed by atoms with Gasteiger partial charge < -0.3 is 10.1 Å². The summed E-state index contributed by atoms with van der Waals surface area (Å²) in [6.07, 6.45) is 0.682. The maximum Gasteiger partial charge on any atom is 0.310 e. The van der Waals surface area contributed by atoms with Crippen molar-refractivity contribution in [3.63, 3.8) is 0 Å². The molecule has 5 heteroatoms. The van der Waals surface area contributed by atoms with Gasteiger partial charge in [0, 0.05) is 24.6 Å². The highest BCUT2D eigenvalue weighted by Gasteiger charge is 2.16. The van der Waals surface area contributed by atoms with Crippen molar-refractivity contribution in [3.05, 3.63) is 46.0 Å². The topological polar surface area (TPSA) is 64.4 Å². The van der Waals surface area contributed by atoms with E-state index in [9.17, 15) is 10.1 Å². The van der Waals surface area contributed by atoms with Crippen molar-refractivity contribution >= 4 is 5.69 Å². The van der Waals surface area contributed by atoms with Crippen LogP contribution >= 0.6 is 0 Å². The van der Waals surface area contributed by atoms with Gasteiger partial charge in [-0.15, -0.1) is 6.58 Å². The summed E-state index contributed by atoms with van der Waals surface area (Å²) >= 11 is 0. The molecule has 0 aromatic heterocycles. The molecule has 0 atom stereocenters. The molecule has 0 bridgehead atoms. The molecule has 1 aromatic rings. The molecule has 0 heterocycles. The zero-order chi connectivity index (χ0) is 16.0. The summed E-state index contributed by atoms with van der Waals surface area (Å²) in [6, 6.07) is 4.98. The van der Waals surface area contributed by atoms with Crippen LogP contribution < -0.4 is 10.1 Å². The Balaban J connectivity index is 2.84. The predicted octanol–water partition coefficient (Wildman–Crippen LogP) is 3.83. The van der Waals surface area contributed by atoms with Crippen LogP contribution in [0.25, 0.3) is 0 Å². The molecule has 0 aliphatic carbocycles. The van der Waals surface area contributed by atoms with Crippen LogP contribution in [0.1, 0.15) is 39.7 Å². The maximum absolute atomic E-state index is 11.0. The Morgan fingerprint density at radius 3 is 2.62 bits per heavy atom. The van der Waals surface area contributed by atoms with E-state index in [1.165, 1.54) is 6.07 Å². The van der Waals surface area contributed by atoms with Crippen molar-refractivity contribution in [2.75, 3.05) is 6.61 Å². The SMILES string of the molecule is C=C(C)CCOc1cc(CNC(C)(C)C)ccc1[N+](=O)[O-]. The molecule has 5 nitrogen and oxygen atoms in total. The minimum absolute atomic E-state index is 0.00350. The minimum atomic E-state index is -0.420. The number of rotatable bonds is 7. The summed E-state index contributed by atoms with van der Waals surface area (Å²) in [6.45, 7) is 12.9. The highest BCUT2D eigenvalue weighted by Crippen LogP contribution is 2.28. The average molecular weight is 292 g/mol. The monoisotopic (exact) mass is 292 g/mol. The van der Waals surface area contributed by atoms with Crippen molar-refractivity contribution in [1.82, 2.24) is 5.32 Å². The number of nitrogens with zero attached hydrogens (tertiary/aromatic N) is 1. The van der Waals surface area contributed by atoms with Gasteiger partial charge in [-0.2, -0.15) is 0 Å². The Bertz CT molecular complexity index is 519. The molecule has 0 radical (unpaired) electrons. The van der Waals surface area contributed by atoms with Gasteiger partial charge in [-0.1, -0.05) is 11.6 Å². The van der Waals surface area contributed by atoms with Crippen molar-refractivity contribution in [2.24, 2.45) is 0 Å². The third kappa shape index (κ3) is 6.40. The van der Waals surface area contributed by atoms with E-state index in [2.05, 4.69) is 32.7 Å². The molecule has 0 saturated carbocycles. The maximum atomic E-state index is 11.0. The Morgan fingerprint density at radius 2 is 2.10 bits per heavy atom. The van der Waals surface area contributed by atoms with Gasteiger partial charge in [0.25, 0.3) is 0 Å². The third-order valence-electron chi connectivity index (χ3n) is 2.83. The molecule has 0 unspecified atom stereocenters. The fourth-order valence-corrected chi connectivity index (χ4v) is 1.64. The number of ether oxygens (including phenoxy) is 1. The fourth-order valence-electron chi connectivity index (χ4n) is 1.64. The molecular weight excluding hydrogens is 268 g/mol. The standard InChI is InChI=1S/C16H24N2O3/c1-12(2)8-9-21-15-10-13(11-17-16(3,4)5)6-7-14(15)18(19)20/h6-7,10,17H,1,8-9,11H2,2-5H3. The summed E-state index contributed by atoms with van der Waals surface area (Å²) < 4.78 is 5.55. The lowest BCUT2D eigenvalue weighted by Crippen LogP contribution is -2.35. The third-order valence-corrected chi connectivity index (χ3v) is 2.83. The summed E-state index contributed by atoms with van der Waals surface area (Å²) in [5.74, 6) is 0.314. The predicted molar refractivity (Wildman–Crippen MR) is 84.6 cm³/mol. The first-order valence-corrected chi connectivity index (χ1v) is 6.98. The van der Waals surface area contributed by atoms with Crippen LogP contribution in [-0.4, -0.2) is 17.1 Å². The van der Waals surface area contributed by atoms with Gasteiger partial charge in [0.2, 0.25) is 0 Å². The first-order chi connectivity index (χ1) is 9.69. The fraction of sp³-hybridized carbons (Fsp3) is 0.500. The molecule has 0 amide bonds. The number of nitro benzene ring substituents is 1. The molecule has 0 aliphatic rings. The van der Waals surface area contributed by atoms with E-state index in [0.717, 1.165) is 11.1 Å². The Morgan fingerprint density at radius 1 is 1.43 bits per heavy atom. The number of nitrogens with one attached hydrogen (secondary N) is 1. The zero-order valence-electron chi connectivity index (χ0n) is 13.2. The second-order valence-electron chi connectivity index (χ2n) is 6.22. The molecule has 1 aromatic carbocycles. The van der Waals surface area contributed by atoms with E-state index in [-0.39, 0.29) is 11.2 Å². The van der Waals surface area contributed by atoms with Gasteiger partial charge in [0.05, 0.1) is 11.5 Å². The summed E-state index contributed by atoms with van der Waals surface area (Å²) in [4.78, 5) is 10.6. The van der Waals surface area contributed by atoms with Gasteiger partial charge in [-0.3, -0.25) is 10.1 Å². The van der Waals surface area contributed by atoms with Gasteiger partial charge in [-0.05, 0) is 39.3 Å². The van der Waals surface area contributed by atoms with Crippen molar-refractivity contribution in [3.8, 4) is 5.75 Å². The van der Waals surface area contributed by atoms with Crippen LogP contribution in [-0.2, 0) is 6.54 Å². The normalized spacial score (nSPS) is 11.2. The van der Waals surface area contributed by atoms with Crippen molar-refractivity contribution in [2.45, 2.75) is 46.2 Å². The second-order valence-corrected chi connectivity index (χ2v) is 6.22. The summed E-state index contributed by atoms with van der Waals surface area (Å²) in [5.41, 5.74) is 1.93. The van der Waals surface area contributed by atoms with E-state index >= 15 is 0 Å². The quantitative estimate of drug-likeness (QED) is 0.471. The number of benzene rings is 1. The van der Waals surface area contributed by atoms with Gasteiger partial charge in [0.15, 0.2) is 5.75 Å². The first kappa shape index (κ1) is 17.2. The van der Waals surface area contributed by atoms with Crippen molar-refractivity contribution in [1.29, 1.82) is 0 Å². The number of hydrogen-bond acceptors (Lipinski definition) is 4. The largest absolute Gasteiger partial charge is 0.486 e. The van der Waals surface area contributed by atoms with Crippen LogP contribution in [0, 0.1) is 10.1 Å².